The van der Waals surface area contributed by atoms with Crippen LogP contribution in [0.15, 0.2) is 59.5 Å². The average molecular weight is 385 g/mol. The number of nitrogens with zero attached hydrogens (tertiary/aromatic N) is 1. The van der Waals surface area contributed by atoms with Crippen LogP contribution in [-0.4, -0.2) is 29.2 Å². The van der Waals surface area contributed by atoms with Gasteiger partial charge in [-0.1, -0.05) is 57.2 Å². The van der Waals surface area contributed by atoms with E-state index >= 15 is 0 Å². The molecule has 6 nitrogen and oxygen atoms in total. The van der Waals surface area contributed by atoms with Crippen LogP contribution in [0.2, 0.25) is 0 Å². The summed E-state index contributed by atoms with van der Waals surface area (Å²) in [5.41, 5.74) is -1.35. The molecular formula is C20H19NO5S. The highest BCUT2D eigenvalue weighted by molar-refractivity contribution is 7.90. The minimum atomic E-state index is -4.22. The number of carboxylic acids is 1. The van der Waals surface area contributed by atoms with E-state index < -0.39 is 32.9 Å². The van der Waals surface area contributed by atoms with Gasteiger partial charge in [0.25, 0.3) is 10.0 Å². The first kappa shape index (κ1) is 18.8. The van der Waals surface area contributed by atoms with Gasteiger partial charge in [0.05, 0.1) is 16.0 Å². The van der Waals surface area contributed by atoms with Crippen LogP contribution < -0.4 is 0 Å². The lowest BCUT2D eigenvalue weighted by atomic mass is 9.85. The van der Waals surface area contributed by atoms with Gasteiger partial charge < -0.3 is 5.11 Å². The van der Waals surface area contributed by atoms with Crippen molar-refractivity contribution in [3.05, 3.63) is 65.9 Å². The number of benzene rings is 2. The van der Waals surface area contributed by atoms with Crippen molar-refractivity contribution in [3.8, 4) is 0 Å². The predicted molar refractivity (Wildman–Crippen MR) is 102 cm³/mol. The Labute approximate surface area is 157 Å². The summed E-state index contributed by atoms with van der Waals surface area (Å²) in [7, 11) is -4.22. The fraction of sp³-hybridized carbons (Fsp3) is 0.200. The Morgan fingerprint density at radius 1 is 0.926 bits per heavy atom. The molecular weight excluding hydrogens is 366 g/mol. The largest absolute Gasteiger partial charge is 0.477 e. The molecule has 3 rings (SSSR count). The lowest BCUT2D eigenvalue weighted by Gasteiger charge is -2.17. The van der Waals surface area contributed by atoms with Gasteiger partial charge in [-0.3, -0.25) is 4.79 Å². The second-order valence-corrected chi connectivity index (χ2v) is 8.99. The van der Waals surface area contributed by atoms with Gasteiger partial charge in [0, 0.05) is 10.8 Å². The lowest BCUT2D eigenvalue weighted by molar-refractivity contribution is 0.0681. The zero-order valence-electron chi connectivity index (χ0n) is 15.1. The topological polar surface area (TPSA) is 93.4 Å². The molecule has 27 heavy (non-hydrogen) atoms. The van der Waals surface area contributed by atoms with Crippen LogP contribution in [0.25, 0.3) is 10.9 Å². The third-order valence-corrected chi connectivity index (χ3v) is 5.95. The van der Waals surface area contributed by atoms with Crippen LogP contribution >= 0.6 is 0 Å². The molecule has 0 radical (unpaired) electrons. The fourth-order valence-corrected chi connectivity index (χ4v) is 4.50. The van der Waals surface area contributed by atoms with Crippen molar-refractivity contribution in [3.63, 3.8) is 0 Å². The quantitative estimate of drug-likeness (QED) is 0.690. The van der Waals surface area contributed by atoms with Gasteiger partial charge in [0.1, 0.15) is 0 Å². The highest BCUT2D eigenvalue weighted by Crippen LogP contribution is 2.34. The lowest BCUT2D eigenvalue weighted by Crippen LogP contribution is -2.25. The van der Waals surface area contributed by atoms with Gasteiger partial charge in [-0.25, -0.2) is 17.2 Å². The van der Waals surface area contributed by atoms with Crippen LogP contribution in [0.1, 0.15) is 41.6 Å². The Kier molecular flexibility index (Phi) is 4.43. The van der Waals surface area contributed by atoms with Gasteiger partial charge in [-0.2, -0.15) is 0 Å². The SMILES string of the molecule is CC(C)(C)C(=O)c1c(C(=O)O)n(S(=O)(=O)c2ccccc2)c2ccccc12. The van der Waals surface area contributed by atoms with Crippen LogP contribution in [0.3, 0.4) is 0 Å². The summed E-state index contributed by atoms with van der Waals surface area (Å²) in [4.78, 5) is 25.0. The second kappa shape index (κ2) is 6.35. The van der Waals surface area contributed by atoms with Crippen molar-refractivity contribution in [2.45, 2.75) is 25.7 Å². The Bertz CT molecular complexity index is 1150. The van der Waals surface area contributed by atoms with Gasteiger partial charge >= 0.3 is 5.97 Å². The number of hydrogen-bond donors (Lipinski definition) is 1. The molecule has 1 heterocycles. The summed E-state index contributed by atoms with van der Waals surface area (Å²) < 4.78 is 27.3. The van der Waals surface area contributed by atoms with Crippen LogP contribution in [-0.2, 0) is 10.0 Å². The standard InChI is InChI=1S/C20H19NO5S/c1-20(2,3)18(22)16-14-11-7-8-12-15(14)21(17(16)19(23)24)27(25,26)13-9-5-4-6-10-13/h4-12H,1-3H3,(H,23,24). The first-order valence-electron chi connectivity index (χ1n) is 8.29. The number of carbonyl (C=O) groups is 2. The van der Waals surface area contributed by atoms with Crippen molar-refractivity contribution in [2.75, 3.05) is 0 Å². The fourth-order valence-electron chi connectivity index (χ4n) is 2.96. The molecule has 0 aliphatic heterocycles. The van der Waals surface area contributed by atoms with E-state index in [1.54, 1.807) is 57.2 Å². The summed E-state index contributed by atoms with van der Waals surface area (Å²) in [6.45, 7) is 5.00. The van der Waals surface area contributed by atoms with Gasteiger partial charge in [0.15, 0.2) is 11.5 Å². The van der Waals surface area contributed by atoms with E-state index in [4.69, 9.17) is 0 Å². The number of fused-ring (bicyclic) bond motifs is 1. The number of carboxylic acid groups (broad SMARTS) is 1. The summed E-state index contributed by atoms with van der Waals surface area (Å²) in [5.74, 6) is -1.91. The van der Waals surface area contributed by atoms with Crippen molar-refractivity contribution in [1.29, 1.82) is 0 Å². The molecule has 0 amide bonds. The number of ketones is 1. The molecule has 0 atom stereocenters. The molecule has 1 N–H and O–H groups in total. The number of aromatic carboxylic acids is 1. The maximum absolute atomic E-state index is 13.2. The van der Waals surface area contributed by atoms with E-state index in [-0.39, 0.29) is 16.0 Å². The number of rotatable bonds is 4. The number of para-hydroxylation sites is 1. The molecule has 7 heteroatoms. The van der Waals surface area contributed by atoms with Gasteiger partial charge in [0.2, 0.25) is 0 Å². The monoisotopic (exact) mass is 385 g/mol. The number of carbonyl (C=O) groups excluding carboxylic acids is 1. The summed E-state index contributed by atoms with van der Waals surface area (Å²) in [6.07, 6.45) is 0. The first-order valence-corrected chi connectivity index (χ1v) is 9.73. The van der Waals surface area contributed by atoms with E-state index in [1.165, 1.54) is 18.2 Å². The molecule has 0 saturated carbocycles. The normalized spacial score (nSPS) is 12.3. The second-order valence-electron chi connectivity index (χ2n) is 7.21. The third kappa shape index (κ3) is 3.04. The van der Waals surface area contributed by atoms with E-state index in [1.807, 2.05) is 0 Å². The molecule has 3 aromatic rings. The number of Topliss-reactive ketones (excluding diaryl/α,β-unsaturated/α-hetero) is 1. The van der Waals surface area contributed by atoms with Crippen molar-refractivity contribution >= 4 is 32.7 Å². The van der Waals surface area contributed by atoms with Crippen LogP contribution in [0.4, 0.5) is 0 Å². The Morgan fingerprint density at radius 2 is 1.48 bits per heavy atom. The molecule has 0 spiro atoms. The molecule has 2 aromatic carbocycles. The van der Waals surface area contributed by atoms with Crippen molar-refractivity contribution < 1.29 is 23.1 Å². The Hall–Kier alpha value is -2.93. The summed E-state index contributed by atoms with van der Waals surface area (Å²) >= 11 is 0. The number of aromatic nitrogens is 1. The van der Waals surface area contributed by atoms with E-state index in [9.17, 15) is 23.1 Å². The smallest absolute Gasteiger partial charge is 0.354 e. The molecule has 140 valence electrons. The minimum Gasteiger partial charge on any atom is -0.477 e. The molecule has 0 aliphatic carbocycles. The molecule has 0 aliphatic rings. The highest BCUT2D eigenvalue weighted by atomic mass is 32.2. The molecule has 0 fully saturated rings. The van der Waals surface area contributed by atoms with Crippen molar-refractivity contribution in [2.24, 2.45) is 5.41 Å². The predicted octanol–water partition coefficient (Wildman–Crippen LogP) is 3.81. The number of hydrogen-bond acceptors (Lipinski definition) is 4. The Balaban J connectivity index is 2.50. The summed E-state index contributed by atoms with van der Waals surface area (Å²) in [5, 5.41) is 10.1. The molecule has 0 unspecified atom stereocenters. The maximum atomic E-state index is 13.2. The third-order valence-electron chi connectivity index (χ3n) is 4.22. The zero-order valence-corrected chi connectivity index (χ0v) is 15.9. The van der Waals surface area contributed by atoms with Gasteiger partial charge in [-0.15, -0.1) is 0 Å². The summed E-state index contributed by atoms with van der Waals surface area (Å²) in [6, 6.07) is 13.9. The van der Waals surface area contributed by atoms with Crippen molar-refractivity contribution in [1.82, 2.24) is 3.97 Å². The van der Waals surface area contributed by atoms with E-state index in [2.05, 4.69) is 0 Å². The Morgan fingerprint density at radius 3 is 2.04 bits per heavy atom. The first-order chi connectivity index (χ1) is 12.6. The minimum absolute atomic E-state index is 0.0528. The van der Waals surface area contributed by atoms with E-state index in [0.717, 1.165) is 3.97 Å². The maximum Gasteiger partial charge on any atom is 0.354 e. The molecule has 1 aromatic heterocycles. The van der Waals surface area contributed by atoms with E-state index in [0.29, 0.717) is 5.39 Å². The molecule has 0 saturated heterocycles. The molecule has 0 bridgehead atoms. The zero-order chi connectivity index (χ0) is 20.0. The highest BCUT2D eigenvalue weighted by Gasteiger charge is 2.36. The van der Waals surface area contributed by atoms with Crippen LogP contribution in [0.5, 0.6) is 0 Å². The average Bonchev–Trinajstić information content (AvgIpc) is 2.97. The van der Waals surface area contributed by atoms with Gasteiger partial charge in [-0.05, 0) is 18.2 Å². The van der Waals surface area contributed by atoms with Crippen LogP contribution in [0, 0.1) is 5.41 Å².